The minimum absolute atomic E-state index is 0.0168. The molecule has 60 heavy (non-hydrogen) atoms. The molecule has 7 rings (SSSR count). The molecule has 4 heterocycles. The molecule has 5 aliphatic rings. The summed E-state index contributed by atoms with van der Waals surface area (Å²) in [4.78, 5) is 63.3. The van der Waals surface area contributed by atoms with Crippen molar-refractivity contribution < 1.29 is 55.0 Å². The Morgan fingerprint density at radius 3 is 2.48 bits per heavy atom. The average molecular weight is 860 g/mol. The normalized spacial score (nSPS) is 30.1. The van der Waals surface area contributed by atoms with Gasteiger partial charge in [0.1, 0.15) is 17.5 Å². The van der Waals surface area contributed by atoms with Crippen molar-refractivity contribution in [3.05, 3.63) is 42.0 Å². The molecule has 2 saturated carbocycles. The first-order valence-electron chi connectivity index (χ1n) is 21.1. The number of benzene rings is 1. The number of halogens is 3. The van der Waals surface area contributed by atoms with Crippen molar-refractivity contribution in [1.82, 2.24) is 14.6 Å². The molecule has 3 fully saturated rings. The van der Waals surface area contributed by atoms with Crippen molar-refractivity contribution in [3.8, 4) is 11.8 Å². The number of amides is 2. The largest absolute Gasteiger partial charge is 0.477 e. The number of rotatable bonds is 10. The third kappa shape index (κ3) is 8.50. The van der Waals surface area contributed by atoms with Crippen LogP contribution >= 0.6 is 0 Å². The molecular weight excluding hydrogens is 804 g/mol. The van der Waals surface area contributed by atoms with Crippen LogP contribution in [0.1, 0.15) is 104 Å². The quantitative estimate of drug-likeness (QED) is 0.199. The molecule has 2 aliphatic carbocycles. The molecule has 2 amide bonds. The van der Waals surface area contributed by atoms with Gasteiger partial charge in [0, 0.05) is 30.7 Å². The topological polar surface area (TPSA) is 158 Å². The van der Waals surface area contributed by atoms with Gasteiger partial charge in [-0.05, 0) is 94.4 Å². The van der Waals surface area contributed by atoms with Crippen LogP contribution in [0.3, 0.4) is 0 Å². The Labute approximate surface area is 349 Å². The lowest BCUT2D eigenvalue weighted by Crippen LogP contribution is -2.49. The molecule has 0 radical (unpaired) electrons. The van der Waals surface area contributed by atoms with Gasteiger partial charge in [-0.2, -0.15) is 4.98 Å². The molecule has 2 aromatic rings. The molecule has 1 saturated heterocycles. The van der Waals surface area contributed by atoms with Crippen LogP contribution in [0, 0.1) is 29.1 Å². The van der Waals surface area contributed by atoms with Crippen LogP contribution in [0.15, 0.2) is 36.4 Å². The van der Waals surface area contributed by atoms with E-state index < -0.39 is 105 Å². The van der Waals surface area contributed by atoms with Gasteiger partial charge in [0.2, 0.25) is 33.6 Å². The molecule has 7 atom stereocenters. The van der Waals surface area contributed by atoms with Gasteiger partial charge in [0.05, 0.1) is 36.9 Å². The predicted octanol–water partition coefficient (Wildman–Crippen LogP) is 6.82. The highest BCUT2D eigenvalue weighted by molar-refractivity contribution is 7.91. The van der Waals surface area contributed by atoms with E-state index in [1.54, 1.807) is 0 Å². The van der Waals surface area contributed by atoms with Crippen molar-refractivity contribution in [2.75, 3.05) is 19.8 Å². The van der Waals surface area contributed by atoms with Crippen molar-refractivity contribution in [3.63, 3.8) is 0 Å². The number of alkyl halides is 3. The maximum absolute atomic E-state index is 15.0. The van der Waals surface area contributed by atoms with Crippen molar-refractivity contribution in [2.24, 2.45) is 29.1 Å². The number of nitrogens with one attached hydrogen (secondary N) is 1. The van der Waals surface area contributed by atoms with Crippen LogP contribution < -0.4 is 14.2 Å². The number of aryl methyl sites for hydroxylation is 1. The van der Waals surface area contributed by atoms with Crippen LogP contribution in [0.5, 0.6) is 11.8 Å². The van der Waals surface area contributed by atoms with Crippen molar-refractivity contribution in [2.45, 2.75) is 134 Å². The molecule has 1 aromatic heterocycles. The van der Waals surface area contributed by atoms with Gasteiger partial charge in [0.25, 0.3) is 5.92 Å². The smallest absolute Gasteiger partial charge is 0.307 e. The Morgan fingerprint density at radius 2 is 1.80 bits per heavy atom. The van der Waals surface area contributed by atoms with E-state index in [0.717, 1.165) is 37.6 Å². The second-order valence-corrected chi connectivity index (χ2v) is 20.6. The molecule has 1 aromatic carbocycles. The number of carbonyl (C=O) groups excluding carboxylic acids is 4. The van der Waals surface area contributed by atoms with E-state index in [-0.39, 0.29) is 44.0 Å². The summed E-state index contributed by atoms with van der Waals surface area (Å²) >= 11 is 0. The second-order valence-electron chi connectivity index (χ2n) is 18.5. The molecular formula is C44H56F3N3O9S. The number of esters is 1. The van der Waals surface area contributed by atoms with Gasteiger partial charge in [-0.15, -0.1) is 0 Å². The summed E-state index contributed by atoms with van der Waals surface area (Å²) in [6.45, 7) is 5.92. The lowest BCUT2D eigenvalue weighted by atomic mass is 9.82. The fraction of sp³-hybridized carbons (Fsp3) is 0.659. The number of nitrogens with zero attached hydrogens (tertiary/aromatic N) is 2. The monoisotopic (exact) mass is 859 g/mol. The van der Waals surface area contributed by atoms with E-state index in [4.69, 9.17) is 19.2 Å². The first kappa shape index (κ1) is 43.9. The molecule has 0 spiro atoms. The number of fused-ring (bicyclic) bond motifs is 5. The summed E-state index contributed by atoms with van der Waals surface area (Å²) in [6.07, 6.45) is 5.65. The zero-order chi connectivity index (χ0) is 43.4. The first-order chi connectivity index (χ1) is 28.2. The summed E-state index contributed by atoms with van der Waals surface area (Å²) in [6, 6.07) is 6.41. The summed E-state index contributed by atoms with van der Waals surface area (Å²) in [5.74, 6) is -7.60. The van der Waals surface area contributed by atoms with Crippen molar-refractivity contribution >= 4 is 44.4 Å². The minimum Gasteiger partial charge on any atom is -0.477 e. The third-order valence-electron chi connectivity index (χ3n) is 13.7. The third-order valence-corrected chi connectivity index (χ3v) is 15.8. The van der Waals surface area contributed by atoms with E-state index >= 15 is 0 Å². The molecule has 12 nitrogen and oxygen atoms in total. The number of allylic oxidation sites excluding steroid dienone is 2. The maximum atomic E-state index is 15.0. The number of pyridine rings is 1. The van der Waals surface area contributed by atoms with Gasteiger partial charge in [-0.25, -0.2) is 21.6 Å². The summed E-state index contributed by atoms with van der Waals surface area (Å²) in [5.41, 5.74) is -2.68. The fourth-order valence-corrected chi connectivity index (χ4v) is 10.6. The van der Waals surface area contributed by atoms with Crippen LogP contribution in [-0.4, -0.2) is 90.1 Å². The van der Waals surface area contributed by atoms with Crippen molar-refractivity contribution in [1.29, 1.82) is 0 Å². The Balaban J connectivity index is 1.24. The Bertz CT molecular complexity index is 2170. The molecule has 0 bridgehead atoms. The van der Waals surface area contributed by atoms with Gasteiger partial charge >= 0.3 is 5.97 Å². The average Bonchev–Trinajstić information content (AvgIpc) is 4.09. The van der Waals surface area contributed by atoms with Crippen LogP contribution in [-0.2, 0) is 40.4 Å². The minimum atomic E-state index is -4.39. The van der Waals surface area contributed by atoms with Crippen LogP contribution in [0.25, 0.3) is 10.8 Å². The number of Topliss-reactive ketones (excluding diaryl/α,β-unsaturated/α-hetero) is 1. The maximum Gasteiger partial charge on any atom is 0.307 e. The van der Waals surface area contributed by atoms with E-state index in [2.05, 4.69) is 4.72 Å². The fourth-order valence-electron chi connectivity index (χ4n) is 9.13. The SMILES string of the molecule is C[C@H]1CC/C=C\[C@@H]2C[C@@]2(C(=O)NS(=O)(=O)C2(CF)CC2)CC(=O)[C@@H]2C[C@@H](Oc3nc4c(c5ccccc35)CCCO4)CN2C(=O)[C@@H](CC(=O)OC(C)(C)C(C)(F)F)[C@H](C)C1. The zero-order valence-electron chi connectivity index (χ0n) is 34.9. The highest BCUT2D eigenvalue weighted by atomic mass is 32.2. The van der Waals surface area contributed by atoms with Crippen LogP contribution in [0.4, 0.5) is 13.2 Å². The second kappa shape index (κ2) is 16.2. The van der Waals surface area contributed by atoms with Gasteiger partial charge < -0.3 is 19.1 Å². The van der Waals surface area contributed by atoms with E-state index in [0.29, 0.717) is 44.1 Å². The van der Waals surface area contributed by atoms with E-state index in [1.807, 2.05) is 50.3 Å². The highest BCUT2D eigenvalue weighted by Crippen LogP contribution is 2.58. The Kier molecular flexibility index (Phi) is 11.9. The van der Waals surface area contributed by atoms with E-state index in [1.165, 1.54) is 4.90 Å². The summed E-state index contributed by atoms with van der Waals surface area (Å²) < 4.78 is 87.6. The van der Waals surface area contributed by atoms with Gasteiger partial charge in [0.15, 0.2) is 11.4 Å². The van der Waals surface area contributed by atoms with Gasteiger partial charge in [-0.3, -0.25) is 23.9 Å². The number of sulfonamides is 1. The Morgan fingerprint density at radius 1 is 1.08 bits per heavy atom. The molecule has 3 aliphatic heterocycles. The number of aromatic nitrogens is 1. The predicted molar refractivity (Wildman–Crippen MR) is 215 cm³/mol. The molecule has 0 unspecified atom stereocenters. The number of hydrogen-bond donors (Lipinski definition) is 1. The zero-order valence-corrected chi connectivity index (χ0v) is 35.8. The molecule has 328 valence electrons. The standard InChI is InChI=1S/C44H56F3N3O9S/c1-26-11-6-7-12-28-22-44(28,40(54)49-60(55,56)43(25-45)16-17-43)23-35(51)34-20-29(58-38-32-14-9-8-13-30(32)31-15-10-18-57-37(31)48-38)24-50(34)39(53)33(27(2)19-26)21-36(52)59-41(3,4)42(5,46)47/h7-9,12-14,26-29,33-34H,6,10-11,15-25H2,1-5H3,(H,49,54)/b12-7-/t26-,27+,28+,29+,33-,34-,44+/m0/s1. The number of ether oxygens (including phenoxy) is 3. The summed E-state index contributed by atoms with van der Waals surface area (Å²) in [5, 5.41) is 1.62. The van der Waals surface area contributed by atoms with E-state index in [9.17, 15) is 40.8 Å². The number of hydrogen-bond acceptors (Lipinski definition) is 10. The summed E-state index contributed by atoms with van der Waals surface area (Å²) in [7, 11) is -4.39. The number of carbonyl (C=O) groups is 4. The first-order valence-corrected chi connectivity index (χ1v) is 22.6. The highest BCUT2D eigenvalue weighted by Gasteiger charge is 2.63. The van der Waals surface area contributed by atoms with Gasteiger partial charge in [-0.1, -0.05) is 44.2 Å². The Hall–Kier alpha value is -4.21. The van der Waals surface area contributed by atoms with Crippen LogP contribution in [0.2, 0.25) is 0 Å². The molecule has 1 N–H and O–H groups in total. The molecule has 16 heteroatoms. The number of ketones is 1. The lowest BCUT2D eigenvalue weighted by Gasteiger charge is -2.34. The lowest BCUT2D eigenvalue weighted by molar-refractivity contribution is -0.197.